The third-order valence-electron chi connectivity index (χ3n) is 0.589. The summed E-state index contributed by atoms with van der Waals surface area (Å²) >= 11 is 4.51. The predicted octanol–water partition coefficient (Wildman–Crippen LogP) is -1.08. The summed E-state index contributed by atoms with van der Waals surface area (Å²) < 4.78 is 0.762. The first kappa shape index (κ1) is 9.42. The van der Waals surface area contributed by atoms with E-state index in [1.165, 1.54) is 0 Å². The summed E-state index contributed by atoms with van der Waals surface area (Å²) in [4.78, 5) is 19.8. The molecule has 0 aliphatic heterocycles. The molecular formula is C4H6CuNO4. The minimum absolute atomic E-state index is 0.438. The fraction of sp³-hybridized carbons (Fsp3) is 0.500. The van der Waals surface area contributed by atoms with Crippen molar-refractivity contribution in [2.24, 2.45) is 0 Å². The molecule has 62 valence electrons. The number of rotatable bonds is 4. The summed E-state index contributed by atoms with van der Waals surface area (Å²) in [5.74, 6) is -2.27. The maximum atomic E-state index is 9.89. The molecule has 0 aromatic rings. The van der Waals surface area contributed by atoms with Crippen molar-refractivity contribution in [1.29, 1.82) is 0 Å². The van der Waals surface area contributed by atoms with E-state index in [1.807, 2.05) is 0 Å². The van der Waals surface area contributed by atoms with E-state index < -0.39 is 25.0 Å². The van der Waals surface area contributed by atoms with Gasteiger partial charge < -0.3 is 0 Å². The molecule has 5 nitrogen and oxygen atoms in total. The van der Waals surface area contributed by atoms with Gasteiger partial charge in [-0.3, -0.25) is 0 Å². The van der Waals surface area contributed by atoms with Gasteiger partial charge in [-0.1, -0.05) is 0 Å². The molecule has 0 heterocycles. The molecule has 0 radical (unpaired) electrons. The Balaban J connectivity index is 3.53. The Morgan fingerprint density at radius 3 is 1.70 bits per heavy atom. The summed E-state index contributed by atoms with van der Waals surface area (Å²) in [5.41, 5.74) is 0. The van der Waals surface area contributed by atoms with Crippen molar-refractivity contribution in [2.75, 3.05) is 13.1 Å². The van der Waals surface area contributed by atoms with Crippen LogP contribution >= 0.6 is 0 Å². The summed E-state index contributed by atoms with van der Waals surface area (Å²) in [5, 5.41) is 16.2. The van der Waals surface area contributed by atoms with Gasteiger partial charge in [0.25, 0.3) is 0 Å². The molecular weight excluding hydrogens is 190 g/mol. The first-order valence-electron chi connectivity index (χ1n) is 2.33. The van der Waals surface area contributed by atoms with Crippen LogP contribution in [-0.2, 0) is 25.8 Å². The monoisotopic (exact) mass is 195 g/mol. The first-order valence-corrected chi connectivity index (χ1v) is 2.75. The molecule has 0 unspecified atom stereocenters. The van der Waals surface area contributed by atoms with Crippen LogP contribution in [0, 0.1) is 0 Å². The second-order valence-electron chi connectivity index (χ2n) is 1.52. The SMILES string of the molecule is O=C(O)C[N]([Cu])CC(=O)O. The van der Waals surface area contributed by atoms with Crippen molar-refractivity contribution in [3.8, 4) is 0 Å². The number of hydrogen-bond donors (Lipinski definition) is 2. The normalized spacial score (nSPS) is 9.90. The quantitative estimate of drug-likeness (QED) is 0.558. The number of carboxylic acid groups (broad SMARTS) is 2. The van der Waals surface area contributed by atoms with Gasteiger partial charge in [-0.25, -0.2) is 0 Å². The Kier molecular flexibility index (Phi) is 4.02. The van der Waals surface area contributed by atoms with Crippen LogP contribution in [-0.4, -0.2) is 39.2 Å². The van der Waals surface area contributed by atoms with Crippen molar-refractivity contribution in [3.63, 3.8) is 0 Å². The van der Waals surface area contributed by atoms with Crippen molar-refractivity contribution >= 4 is 11.9 Å². The molecule has 10 heavy (non-hydrogen) atoms. The zero-order chi connectivity index (χ0) is 8.15. The third-order valence-corrected chi connectivity index (χ3v) is 0.887. The molecule has 0 atom stereocenters. The summed E-state index contributed by atoms with van der Waals surface area (Å²) in [7, 11) is 0. The number of aliphatic carboxylic acids is 2. The van der Waals surface area contributed by atoms with Crippen LogP contribution in [0.5, 0.6) is 0 Å². The molecule has 0 saturated carbocycles. The number of nitrogens with zero attached hydrogens (tertiary/aromatic N) is 1. The van der Waals surface area contributed by atoms with Crippen molar-refractivity contribution in [3.05, 3.63) is 0 Å². The molecule has 0 amide bonds. The van der Waals surface area contributed by atoms with E-state index in [-0.39, 0.29) is 0 Å². The van der Waals surface area contributed by atoms with E-state index in [9.17, 15) is 9.59 Å². The zero-order valence-electron chi connectivity index (χ0n) is 4.87. The van der Waals surface area contributed by atoms with Crippen LogP contribution in [0.4, 0.5) is 0 Å². The Morgan fingerprint density at radius 1 is 1.20 bits per heavy atom. The zero-order valence-corrected chi connectivity index (χ0v) is 5.82. The van der Waals surface area contributed by atoms with Crippen molar-refractivity contribution in [1.82, 2.24) is 3.92 Å². The van der Waals surface area contributed by atoms with E-state index in [4.69, 9.17) is 10.2 Å². The molecule has 0 aliphatic carbocycles. The van der Waals surface area contributed by atoms with Crippen LogP contribution in [0.15, 0.2) is 0 Å². The van der Waals surface area contributed by atoms with Gasteiger partial charge in [0.05, 0.1) is 0 Å². The predicted molar refractivity (Wildman–Crippen MR) is 26.8 cm³/mol. The summed E-state index contributed by atoms with van der Waals surface area (Å²) in [6.45, 7) is -0.876. The molecule has 6 heteroatoms. The van der Waals surface area contributed by atoms with Crippen LogP contribution in [0.2, 0.25) is 0 Å². The van der Waals surface area contributed by atoms with Gasteiger partial charge in [-0.05, 0) is 0 Å². The van der Waals surface area contributed by atoms with Crippen molar-refractivity contribution < 1.29 is 36.0 Å². The number of carboxylic acids is 2. The number of hydrogen-bond acceptors (Lipinski definition) is 3. The molecule has 0 rings (SSSR count). The average molecular weight is 196 g/mol. The van der Waals surface area contributed by atoms with Gasteiger partial charge >= 0.3 is 65.0 Å². The molecule has 0 aromatic heterocycles. The second-order valence-corrected chi connectivity index (χ2v) is 2.11. The molecule has 0 spiro atoms. The van der Waals surface area contributed by atoms with E-state index in [2.05, 4.69) is 16.2 Å². The fourth-order valence-corrected chi connectivity index (χ4v) is 0.583. The van der Waals surface area contributed by atoms with Gasteiger partial charge in [0, 0.05) is 0 Å². The molecule has 0 aliphatic rings. The molecule has 2 N–H and O–H groups in total. The van der Waals surface area contributed by atoms with Gasteiger partial charge in [0.2, 0.25) is 0 Å². The van der Waals surface area contributed by atoms with Gasteiger partial charge in [-0.15, -0.1) is 0 Å². The summed E-state index contributed by atoms with van der Waals surface area (Å²) in [6, 6.07) is 0. The standard InChI is InChI=1S/C4H6NO4.Cu/c6-3(7)1-5-2-4(8)9;/h1-2H2,(H,6,7)(H,8,9);/q-1;+1. The molecule has 0 aromatic carbocycles. The fourth-order valence-electron chi connectivity index (χ4n) is 0.329. The van der Waals surface area contributed by atoms with Crippen LogP contribution in [0.3, 0.4) is 0 Å². The summed E-state index contributed by atoms with van der Waals surface area (Å²) in [6.07, 6.45) is 0. The van der Waals surface area contributed by atoms with Crippen LogP contribution in [0.25, 0.3) is 0 Å². The van der Waals surface area contributed by atoms with Crippen LogP contribution < -0.4 is 0 Å². The van der Waals surface area contributed by atoms with E-state index in [1.54, 1.807) is 0 Å². The molecule has 0 bridgehead atoms. The Bertz CT molecular complexity index is 132. The van der Waals surface area contributed by atoms with E-state index in [0.717, 1.165) is 3.92 Å². The Morgan fingerprint density at radius 2 is 1.50 bits per heavy atom. The third kappa shape index (κ3) is 5.55. The molecule has 0 saturated heterocycles. The Labute approximate surface area is 65.7 Å². The van der Waals surface area contributed by atoms with Gasteiger partial charge in [-0.2, -0.15) is 0 Å². The topological polar surface area (TPSA) is 77.8 Å². The van der Waals surface area contributed by atoms with Gasteiger partial charge in [0.15, 0.2) is 0 Å². The average Bonchev–Trinajstić information content (AvgIpc) is 1.58. The second kappa shape index (κ2) is 4.27. The first-order chi connectivity index (χ1) is 4.52. The van der Waals surface area contributed by atoms with Crippen molar-refractivity contribution in [2.45, 2.75) is 0 Å². The van der Waals surface area contributed by atoms with E-state index >= 15 is 0 Å². The van der Waals surface area contributed by atoms with Crippen LogP contribution in [0.1, 0.15) is 0 Å². The van der Waals surface area contributed by atoms with Gasteiger partial charge in [0.1, 0.15) is 0 Å². The minimum atomic E-state index is -1.13. The van der Waals surface area contributed by atoms with E-state index in [0.29, 0.717) is 0 Å². The molecule has 0 fully saturated rings. The number of carbonyl (C=O) groups is 2. The maximum absolute atomic E-state index is 9.89. The Hall–Kier alpha value is -0.581.